The largest absolute Gasteiger partial charge is 0.416 e. The van der Waals surface area contributed by atoms with Crippen molar-refractivity contribution >= 4 is 42.5 Å². The Balaban J connectivity index is 1.37. The maximum Gasteiger partial charge on any atom is 0.253 e. The van der Waals surface area contributed by atoms with Gasteiger partial charge in [-0.2, -0.15) is 0 Å². The molecule has 38 heavy (non-hydrogen) atoms. The predicted octanol–water partition coefficient (Wildman–Crippen LogP) is 6.78. The minimum absolute atomic E-state index is 0.0946. The highest BCUT2D eigenvalue weighted by molar-refractivity contribution is 6.74. The van der Waals surface area contributed by atoms with E-state index in [4.69, 9.17) is 21.0 Å². The molecule has 2 heterocycles. The summed E-state index contributed by atoms with van der Waals surface area (Å²) >= 11 is 6.53. The number of anilines is 1. The van der Waals surface area contributed by atoms with Crippen molar-refractivity contribution in [2.24, 2.45) is 5.92 Å². The molecule has 4 rings (SSSR count). The van der Waals surface area contributed by atoms with E-state index < -0.39 is 8.32 Å². The Kier molecular flexibility index (Phi) is 9.77. The molecule has 2 fully saturated rings. The molecule has 0 radical (unpaired) electrons. The van der Waals surface area contributed by atoms with Crippen LogP contribution in [0, 0.1) is 5.92 Å². The van der Waals surface area contributed by atoms with Crippen LogP contribution >= 0.6 is 11.6 Å². The van der Waals surface area contributed by atoms with Crippen LogP contribution in [0.5, 0.6) is 0 Å². The van der Waals surface area contributed by atoms with Crippen LogP contribution in [-0.4, -0.2) is 58.0 Å². The first kappa shape index (κ1) is 29.3. The molecule has 1 saturated heterocycles. The third kappa shape index (κ3) is 7.29. The van der Waals surface area contributed by atoms with Gasteiger partial charge in [-0.3, -0.25) is 4.79 Å². The number of nitrogens with one attached hydrogen (secondary N) is 2. The van der Waals surface area contributed by atoms with E-state index in [0.29, 0.717) is 22.5 Å². The number of halogens is 1. The fraction of sp³-hybridized carbons (Fsp3) is 0.667. The van der Waals surface area contributed by atoms with E-state index in [1.807, 2.05) is 18.2 Å². The van der Waals surface area contributed by atoms with Crippen LogP contribution in [0.15, 0.2) is 24.3 Å². The first-order chi connectivity index (χ1) is 18.0. The minimum atomic E-state index is -1.71. The summed E-state index contributed by atoms with van der Waals surface area (Å²) in [5.74, 6) is 1.44. The highest BCUT2D eigenvalue weighted by atomic mass is 35.5. The molecule has 0 spiro atoms. The predicted molar refractivity (Wildman–Crippen MR) is 162 cm³/mol. The second kappa shape index (κ2) is 12.7. The van der Waals surface area contributed by atoms with Crippen LogP contribution in [0.4, 0.5) is 5.82 Å². The van der Waals surface area contributed by atoms with Gasteiger partial charge in [0.15, 0.2) is 8.32 Å². The summed E-state index contributed by atoms with van der Waals surface area (Å²) in [5.41, 5.74) is 1.35. The molecule has 1 saturated carbocycles. The Morgan fingerprint density at radius 2 is 1.87 bits per heavy atom. The van der Waals surface area contributed by atoms with Crippen LogP contribution in [-0.2, 0) is 4.43 Å². The standard InChI is InChI=1S/C30H47ClN4O2Si/c1-30(2,3)38(4,5)37-19-17-32-23-12-9-18-35(21-23)27-16-13-24-26(34-27)15-14-25(31)28(24)29(36)33-20-22-10-7-6-8-11-22/h13-16,22-23,32H,6-12,17-21H2,1-5H3,(H,33,36)/t23-/m0/s1. The number of fused-ring (bicyclic) bond motifs is 1. The van der Waals surface area contributed by atoms with Gasteiger partial charge in [0.25, 0.3) is 5.91 Å². The molecule has 2 aromatic rings. The quantitative estimate of drug-likeness (QED) is 0.262. The summed E-state index contributed by atoms with van der Waals surface area (Å²) in [6.07, 6.45) is 8.52. The average Bonchev–Trinajstić information content (AvgIpc) is 2.89. The highest BCUT2D eigenvalue weighted by Gasteiger charge is 2.37. The summed E-state index contributed by atoms with van der Waals surface area (Å²) in [5, 5.41) is 8.39. The zero-order valence-electron chi connectivity index (χ0n) is 24.0. The van der Waals surface area contributed by atoms with Crippen molar-refractivity contribution in [3.8, 4) is 0 Å². The number of rotatable bonds is 9. The smallest absolute Gasteiger partial charge is 0.253 e. The number of hydrogen-bond donors (Lipinski definition) is 2. The van der Waals surface area contributed by atoms with Crippen molar-refractivity contribution in [2.45, 2.75) is 89.9 Å². The van der Waals surface area contributed by atoms with Crippen LogP contribution in [0.1, 0.15) is 76.1 Å². The van der Waals surface area contributed by atoms with Gasteiger partial charge in [-0.1, -0.05) is 51.6 Å². The lowest BCUT2D eigenvalue weighted by molar-refractivity contribution is 0.0945. The first-order valence-corrected chi connectivity index (χ1v) is 17.8. The van der Waals surface area contributed by atoms with Gasteiger partial charge >= 0.3 is 0 Å². The Bertz CT molecular complexity index is 1100. The fourth-order valence-corrected chi connectivity index (χ4v) is 6.72. The second-order valence-corrected chi connectivity index (χ2v) is 17.9. The fourth-order valence-electron chi connectivity index (χ4n) is 5.43. The molecule has 0 unspecified atom stereocenters. The summed E-state index contributed by atoms with van der Waals surface area (Å²) in [6, 6.07) is 8.20. The van der Waals surface area contributed by atoms with Crippen molar-refractivity contribution in [3.63, 3.8) is 0 Å². The lowest BCUT2D eigenvalue weighted by Gasteiger charge is -2.37. The van der Waals surface area contributed by atoms with Crippen molar-refractivity contribution in [3.05, 3.63) is 34.9 Å². The molecule has 1 aromatic heterocycles. The molecular weight excluding hydrogens is 512 g/mol. The SMILES string of the molecule is CC(C)(C)[Si](C)(C)OCCN[C@H]1CCCN(c2ccc3c(C(=O)NCC4CCCCC4)c(Cl)ccc3n2)C1. The number of hydrogen-bond acceptors (Lipinski definition) is 5. The number of nitrogens with zero attached hydrogens (tertiary/aromatic N) is 2. The molecule has 1 aliphatic heterocycles. The van der Waals surface area contributed by atoms with Crippen molar-refractivity contribution in [2.75, 3.05) is 37.7 Å². The van der Waals surface area contributed by atoms with E-state index in [2.05, 4.69) is 49.4 Å². The summed E-state index contributed by atoms with van der Waals surface area (Å²) in [6.45, 7) is 15.7. The maximum absolute atomic E-state index is 13.1. The zero-order chi connectivity index (χ0) is 27.3. The van der Waals surface area contributed by atoms with Gasteiger partial charge in [0, 0.05) is 44.2 Å². The number of aromatic nitrogens is 1. The molecule has 2 N–H and O–H groups in total. The van der Waals surface area contributed by atoms with Crippen LogP contribution < -0.4 is 15.5 Å². The molecule has 6 nitrogen and oxygen atoms in total. The van der Waals surface area contributed by atoms with Gasteiger partial charge in [0.1, 0.15) is 5.82 Å². The molecular formula is C30H47ClN4O2Si. The lowest BCUT2D eigenvalue weighted by Crippen LogP contribution is -2.48. The van der Waals surface area contributed by atoms with E-state index in [1.54, 1.807) is 6.07 Å². The third-order valence-electron chi connectivity index (χ3n) is 8.86. The molecule has 8 heteroatoms. The Hall–Kier alpha value is -1.67. The van der Waals surface area contributed by atoms with Gasteiger partial charge in [-0.25, -0.2) is 4.98 Å². The normalized spacial score (nSPS) is 19.6. The Labute approximate surface area is 235 Å². The van der Waals surface area contributed by atoms with E-state index in [9.17, 15) is 4.79 Å². The van der Waals surface area contributed by atoms with Gasteiger partial charge < -0.3 is 20.0 Å². The Morgan fingerprint density at radius 3 is 2.61 bits per heavy atom. The van der Waals surface area contributed by atoms with Crippen molar-refractivity contribution in [1.82, 2.24) is 15.6 Å². The number of carbonyl (C=O) groups is 1. The van der Waals surface area contributed by atoms with E-state index in [0.717, 1.165) is 62.3 Å². The van der Waals surface area contributed by atoms with Crippen molar-refractivity contribution in [1.29, 1.82) is 0 Å². The molecule has 210 valence electrons. The van der Waals surface area contributed by atoms with E-state index >= 15 is 0 Å². The van der Waals surface area contributed by atoms with Crippen LogP contribution in [0.25, 0.3) is 10.9 Å². The average molecular weight is 559 g/mol. The molecule has 1 atom stereocenters. The van der Waals surface area contributed by atoms with Crippen LogP contribution in [0.2, 0.25) is 23.2 Å². The second-order valence-electron chi connectivity index (χ2n) is 12.7. The number of benzene rings is 1. The molecule has 1 amide bonds. The van der Waals surface area contributed by atoms with E-state index in [-0.39, 0.29) is 10.9 Å². The summed E-state index contributed by atoms with van der Waals surface area (Å²) < 4.78 is 6.34. The van der Waals surface area contributed by atoms with Crippen molar-refractivity contribution < 1.29 is 9.22 Å². The number of pyridine rings is 1. The summed E-state index contributed by atoms with van der Waals surface area (Å²) in [7, 11) is -1.71. The van der Waals surface area contributed by atoms with Gasteiger partial charge in [-0.05, 0) is 74.0 Å². The Morgan fingerprint density at radius 1 is 1.11 bits per heavy atom. The third-order valence-corrected chi connectivity index (χ3v) is 13.7. The van der Waals surface area contributed by atoms with E-state index in [1.165, 1.54) is 32.1 Å². The van der Waals surface area contributed by atoms with Gasteiger partial charge in [0.2, 0.25) is 0 Å². The molecule has 0 bridgehead atoms. The van der Waals surface area contributed by atoms with Gasteiger partial charge in [0.05, 0.1) is 16.1 Å². The lowest BCUT2D eigenvalue weighted by atomic mass is 9.89. The minimum Gasteiger partial charge on any atom is -0.416 e. The highest BCUT2D eigenvalue weighted by Crippen LogP contribution is 2.36. The van der Waals surface area contributed by atoms with Crippen LogP contribution in [0.3, 0.4) is 0 Å². The maximum atomic E-state index is 13.1. The number of piperidine rings is 1. The molecule has 1 aliphatic carbocycles. The molecule has 1 aromatic carbocycles. The monoisotopic (exact) mass is 558 g/mol. The number of carbonyl (C=O) groups excluding carboxylic acids is 1. The topological polar surface area (TPSA) is 66.5 Å². The zero-order valence-corrected chi connectivity index (χ0v) is 25.8. The van der Waals surface area contributed by atoms with Gasteiger partial charge in [-0.15, -0.1) is 0 Å². The first-order valence-electron chi connectivity index (χ1n) is 14.5. The molecule has 2 aliphatic rings. The number of amides is 1. The summed E-state index contributed by atoms with van der Waals surface area (Å²) in [4.78, 5) is 20.5.